The number of piperidine rings is 1. The summed E-state index contributed by atoms with van der Waals surface area (Å²) < 4.78 is 11.8. The Hall–Kier alpha value is -2.57. The van der Waals surface area contributed by atoms with Crippen molar-refractivity contribution in [3.63, 3.8) is 0 Å². The first-order valence-corrected chi connectivity index (χ1v) is 10.3. The fraction of sp³-hybridized carbons (Fsp3) is 0.571. The van der Waals surface area contributed by atoms with E-state index >= 15 is 0 Å². The molecule has 1 aromatic carbocycles. The van der Waals surface area contributed by atoms with Crippen molar-refractivity contribution >= 4 is 11.9 Å². The summed E-state index contributed by atoms with van der Waals surface area (Å²) in [4.78, 5) is 14.7. The number of nitrogens with one attached hydrogen (secondary N) is 1. The Morgan fingerprint density at radius 1 is 1.18 bits per heavy atom. The Kier molecular flexibility index (Phi) is 3.35. The third-order valence-electron chi connectivity index (χ3n) is 7.02. The van der Waals surface area contributed by atoms with Gasteiger partial charge in [-0.15, -0.1) is 5.10 Å². The molecule has 3 heterocycles. The second kappa shape index (κ2) is 5.72. The maximum absolute atomic E-state index is 12.7. The van der Waals surface area contributed by atoms with E-state index in [1.807, 2.05) is 30.0 Å². The minimum atomic E-state index is -0.378. The molecule has 3 fully saturated rings. The summed E-state index contributed by atoms with van der Waals surface area (Å²) in [6, 6.07) is 8.04. The fourth-order valence-electron chi connectivity index (χ4n) is 4.93. The molecule has 7 heteroatoms. The highest BCUT2D eigenvalue weighted by Crippen LogP contribution is 2.62. The van der Waals surface area contributed by atoms with Crippen LogP contribution in [0.5, 0.6) is 5.75 Å². The lowest BCUT2D eigenvalue weighted by molar-refractivity contribution is -0.133. The standard InChI is InChI=1S/C21H24N4O3/c1-12(19(26)25-10-8-21(6-7-21)9-11-25)22-20-24-23-18(28-20)16-15-13-4-2-3-5-14(13)27-17(15)16/h2-5,12,15-17H,6-11H2,1H3,(H,22,24)/t12-,15-,16+,17-/m0/s1. The minimum Gasteiger partial charge on any atom is -0.489 e. The van der Waals surface area contributed by atoms with Gasteiger partial charge in [0.1, 0.15) is 17.9 Å². The molecular formula is C21H24N4O3. The van der Waals surface area contributed by atoms with E-state index in [9.17, 15) is 4.79 Å². The summed E-state index contributed by atoms with van der Waals surface area (Å²) in [7, 11) is 0. The van der Waals surface area contributed by atoms with Gasteiger partial charge < -0.3 is 19.4 Å². The zero-order valence-corrected chi connectivity index (χ0v) is 15.9. The molecule has 1 spiro atoms. The number of hydrogen-bond acceptors (Lipinski definition) is 6. The van der Waals surface area contributed by atoms with Crippen LogP contribution in [0.1, 0.15) is 55.9 Å². The third-order valence-corrected chi connectivity index (χ3v) is 7.02. The van der Waals surface area contributed by atoms with Crippen LogP contribution in [0.4, 0.5) is 6.01 Å². The van der Waals surface area contributed by atoms with Crippen molar-refractivity contribution in [2.45, 2.75) is 56.6 Å². The zero-order chi connectivity index (χ0) is 18.9. The normalized spacial score (nSPS) is 29.6. The van der Waals surface area contributed by atoms with Crippen molar-refractivity contribution in [1.29, 1.82) is 0 Å². The van der Waals surface area contributed by atoms with Crippen LogP contribution in [-0.4, -0.2) is 46.2 Å². The smallest absolute Gasteiger partial charge is 0.316 e. The van der Waals surface area contributed by atoms with Crippen molar-refractivity contribution in [3.8, 4) is 5.75 Å². The molecule has 7 nitrogen and oxygen atoms in total. The molecule has 2 aromatic rings. The third kappa shape index (κ3) is 2.52. The highest BCUT2D eigenvalue weighted by Gasteiger charge is 2.62. The second-order valence-electron chi connectivity index (χ2n) is 8.81. The van der Waals surface area contributed by atoms with Crippen molar-refractivity contribution in [2.24, 2.45) is 5.41 Å². The summed E-state index contributed by atoms with van der Waals surface area (Å²) in [6.45, 7) is 3.59. The summed E-state index contributed by atoms with van der Waals surface area (Å²) >= 11 is 0. The van der Waals surface area contributed by atoms with Gasteiger partial charge in [-0.05, 0) is 44.1 Å². The quantitative estimate of drug-likeness (QED) is 0.878. The van der Waals surface area contributed by atoms with Gasteiger partial charge in [-0.25, -0.2) is 0 Å². The van der Waals surface area contributed by atoms with Gasteiger partial charge in [-0.1, -0.05) is 23.3 Å². The van der Waals surface area contributed by atoms with Gasteiger partial charge in [-0.3, -0.25) is 4.79 Å². The number of nitrogens with zero attached hydrogens (tertiary/aromatic N) is 3. The molecule has 4 atom stereocenters. The molecule has 1 aromatic heterocycles. The number of ether oxygens (including phenoxy) is 1. The van der Waals surface area contributed by atoms with E-state index in [1.54, 1.807) is 0 Å². The Balaban J connectivity index is 1.09. The van der Waals surface area contributed by atoms with Crippen molar-refractivity contribution < 1.29 is 13.9 Å². The van der Waals surface area contributed by atoms with Crippen LogP contribution < -0.4 is 10.1 Å². The van der Waals surface area contributed by atoms with Gasteiger partial charge in [0.25, 0.3) is 0 Å². The molecule has 0 radical (unpaired) electrons. The number of benzene rings is 1. The van der Waals surface area contributed by atoms with Crippen LogP contribution in [0.2, 0.25) is 0 Å². The second-order valence-corrected chi connectivity index (χ2v) is 8.81. The van der Waals surface area contributed by atoms with Crippen LogP contribution in [0.25, 0.3) is 0 Å². The molecule has 146 valence electrons. The average Bonchev–Trinajstić information content (AvgIpc) is 3.52. The highest BCUT2D eigenvalue weighted by molar-refractivity contribution is 5.83. The molecule has 28 heavy (non-hydrogen) atoms. The number of hydrogen-bond donors (Lipinski definition) is 1. The van der Waals surface area contributed by atoms with E-state index in [0.717, 1.165) is 31.7 Å². The molecule has 0 bridgehead atoms. The Morgan fingerprint density at radius 2 is 1.96 bits per heavy atom. The first-order chi connectivity index (χ1) is 13.6. The van der Waals surface area contributed by atoms with Crippen LogP contribution in [0, 0.1) is 5.41 Å². The van der Waals surface area contributed by atoms with Gasteiger partial charge in [0.05, 0.1) is 5.92 Å². The molecule has 0 unspecified atom stereocenters. The number of para-hydroxylation sites is 1. The van der Waals surface area contributed by atoms with E-state index in [1.165, 1.54) is 18.4 Å². The number of amides is 1. The maximum Gasteiger partial charge on any atom is 0.316 e. The molecule has 2 aliphatic heterocycles. The van der Waals surface area contributed by atoms with E-state index in [-0.39, 0.29) is 24.0 Å². The molecule has 1 N–H and O–H groups in total. The number of carbonyl (C=O) groups excluding carboxylic acids is 1. The Bertz CT molecular complexity index is 927. The molecule has 1 amide bonds. The van der Waals surface area contributed by atoms with Crippen LogP contribution >= 0.6 is 0 Å². The van der Waals surface area contributed by atoms with E-state index in [0.29, 0.717) is 23.2 Å². The number of aromatic nitrogens is 2. The van der Waals surface area contributed by atoms with Crippen LogP contribution in [0.3, 0.4) is 0 Å². The SMILES string of the molecule is C[C@H](Nc1nnc([C@H]2[C@H]3Oc4ccccc4[C@H]32)o1)C(=O)N1CCC2(CC1)CC2. The number of carbonyl (C=O) groups is 1. The molecule has 2 saturated carbocycles. The number of rotatable bonds is 4. The number of likely N-dealkylation sites (tertiary alicyclic amines) is 1. The molecule has 2 aliphatic carbocycles. The fourth-order valence-corrected chi connectivity index (χ4v) is 4.93. The predicted molar refractivity (Wildman–Crippen MR) is 101 cm³/mol. The first kappa shape index (κ1) is 16.4. The van der Waals surface area contributed by atoms with Gasteiger partial charge in [0, 0.05) is 24.6 Å². The Morgan fingerprint density at radius 3 is 2.75 bits per heavy atom. The molecule has 1 saturated heterocycles. The lowest BCUT2D eigenvalue weighted by atomic mass is 9.93. The van der Waals surface area contributed by atoms with E-state index in [4.69, 9.17) is 9.15 Å². The van der Waals surface area contributed by atoms with Crippen molar-refractivity contribution in [3.05, 3.63) is 35.7 Å². The summed E-state index contributed by atoms with van der Waals surface area (Å²) in [5.41, 5.74) is 1.78. The summed E-state index contributed by atoms with van der Waals surface area (Å²) in [5.74, 6) is 2.06. The molecule has 4 aliphatic rings. The van der Waals surface area contributed by atoms with Gasteiger partial charge in [0.2, 0.25) is 11.8 Å². The monoisotopic (exact) mass is 380 g/mol. The topological polar surface area (TPSA) is 80.5 Å². The van der Waals surface area contributed by atoms with E-state index < -0.39 is 0 Å². The van der Waals surface area contributed by atoms with Crippen LogP contribution in [0.15, 0.2) is 28.7 Å². The summed E-state index contributed by atoms with van der Waals surface area (Å²) in [6.07, 6.45) is 5.05. The van der Waals surface area contributed by atoms with Crippen LogP contribution in [-0.2, 0) is 4.79 Å². The van der Waals surface area contributed by atoms with E-state index in [2.05, 4.69) is 21.6 Å². The van der Waals surface area contributed by atoms with Crippen molar-refractivity contribution in [1.82, 2.24) is 15.1 Å². The zero-order valence-electron chi connectivity index (χ0n) is 15.9. The highest BCUT2D eigenvalue weighted by atomic mass is 16.5. The lowest BCUT2D eigenvalue weighted by Gasteiger charge is -2.33. The first-order valence-electron chi connectivity index (χ1n) is 10.3. The maximum atomic E-state index is 12.7. The van der Waals surface area contributed by atoms with Gasteiger partial charge >= 0.3 is 6.01 Å². The van der Waals surface area contributed by atoms with Gasteiger partial charge in [-0.2, -0.15) is 0 Å². The molecule has 6 rings (SSSR count). The number of anilines is 1. The van der Waals surface area contributed by atoms with Gasteiger partial charge in [0.15, 0.2) is 0 Å². The minimum absolute atomic E-state index is 0.0906. The average molecular weight is 380 g/mol. The largest absolute Gasteiger partial charge is 0.489 e. The molecular weight excluding hydrogens is 356 g/mol. The lowest BCUT2D eigenvalue weighted by Crippen LogP contribution is -2.45. The summed E-state index contributed by atoms with van der Waals surface area (Å²) in [5, 5.41) is 11.4. The van der Waals surface area contributed by atoms with Crippen molar-refractivity contribution in [2.75, 3.05) is 18.4 Å². The Labute approximate surface area is 163 Å². The number of fused-ring (bicyclic) bond motifs is 3. The predicted octanol–water partition coefficient (Wildman–Crippen LogP) is 2.91.